The first-order chi connectivity index (χ1) is 15.0. The smallest absolute Gasteiger partial charge is 0.271 e. The molecule has 156 valence electrons. The van der Waals surface area contributed by atoms with E-state index >= 15 is 0 Å². The van der Waals surface area contributed by atoms with Crippen molar-refractivity contribution in [2.75, 3.05) is 11.9 Å². The highest BCUT2D eigenvalue weighted by Crippen LogP contribution is 2.20. The summed E-state index contributed by atoms with van der Waals surface area (Å²) in [7, 11) is 0. The van der Waals surface area contributed by atoms with E-state index in [-0.39, 0.29) is 24.3 Å². The van der Waals surface area contributed by atoms with Gasteiger partial charge >= 0.3 is 0 Å². The molecule has 1 aromatic heterocycles. The number of rotatable bonds is 7. The fourth-order valence-corrected chi connectivity index (χ4v) is 3.39. The third kappa shape index (κ3) is 4.44. The van der Waals surface area contributed by atoms with E-state index in [1.807, 2.05) is 36.4 Å². The molecule has 2 N–H and O–H groups in total. The molecule has 0 amide bonds. The molecule has 8 nitrogen and oxygen atoms in total. The number of hydrogen-bond donors (Lipinski definition) is 2. The molecule has 0 aliphatic carbocycles. The van der Waals surface area contributed by atoms with Gasteiger partial charge in [-0.3, -0.25) is 19.5 Å². The van der Waals surface area contributed by atoms with Crippen LogP contribution in [0.25, 0.3) is 22.3 Å². The van der Waals surface area contributed by atoms with Crippen molar-refractivity contribution >= 4 is 22.3 Å². The Kier molecular flexibility index (Phi) is 5.72. The maximum atomic E-state index is 13.2. The van der Waals surface area contributed by atoms with E-state index in [9.17, 15) is 20.0 Å². The maximum absolute atomic E-state index is 13.2. The van der Waals surface area contributed by atoms with E-state index < -0.39 is 11.0 Å². The number of nitrogens with zero attached hydrogens (tertiary/aromatic N) is 3. The number of aliphatic hydroxyl groups is 1. The minimum atomic E-state index is -0.928. The first kappa shape index (κ1) is 20.2. The minimum absolute atomic E-state index is 0.0167. The quantitative estimate of drug-likeness (QED) is 0.353. The monoisotopic (exact) mass is 416 g/mol. The number of aromatic nitrogens is 2. The molecule has 0 radical (unpaired) electrons. The number of benzene rings is 3. The molecule has 0 aliphatic heterocycles. The van der Waals surface area contributed by atoms with E-state index in [0.717, 1.165) is 5.56 Å². The van der Waals surface area contributed by atoms with Gasteiger partial charge in [-0.15, -0.1) is 0 Å². The summed E-state index contributed by atoms with van der Waals surface area (Å²) in [4.78, 5) is 28.3. The Morgan fingerprint density at radius 3 is 2.55 bits per heavy atom. The van der Waals surface area contributed by atoms with Crippen LogP contribution in [-0.4, -0.2) is 32.2 Å². The van der Waals surface area contributed by atoms with Crippen LogP contribution in [0.3, 0.4) is 0 Å². The summed E-state index contributed by atoms with van der Waals surface area (Å²) in [6.45, 7) is 0.123. The number of hydrogen-bond acceptors (Lipinski definition) is 6. The fraction of sp³-hybridized carbons (Fsp3) is 0.130. The number of nitro benzene ring substituents is 1. The van der Waals surface area contributed by atoms with Crippen molar-refractivity contribution < 1.29 is 10.0 Å². The molecular formula is C23H20N4O4. The summed E-state index contributed by atoms with van der Waals surface area (Å²) >= 11 is 0. The number of para-hydroxylation sites is 1. The zero-order chi connectivity index (χ0) is 21.8. The summed E-state index contributed by atoms with van der Waals surface area (Å²) in [5, 5.41) is 25.0. The zero-order valence-electron chi connectivity index (χ0n) is 16.5. The Bertz CT molecular complexity index is 1290. The van der Waals surface area contributed by atoms with Crippen molar-refractivity contribution in [1.29, 1.82) is 0 Å². The molecule has 8 heteroatoms. The lowest BCUT2D eigenvalue weighted by molar-refractivity contribution is -0.384. The molecule has 4 rings (SSSR count). The SMILES string of the molecule is O=c1c2ccccc2nc(-c2ccccc2)n1CC(O)CNc1cccc([N+](=O)[O-])c1. The van der Waals surface area contributed by atoms with E-state index in [4.69, 9.17) is 0 Å². The van der Waals surface area contributed by atoms with Gasteiger partial charge in [-0.25, -0.2) is 4.98 Å². The van der Waals surface area contributed by atoms with Crippen molar-refractivity contribution in [3.8, 4) is 11.4 Å². The fourth-order valence-electron chi connectivity index (χ4n) is 3.39. The first-order valence-electron chi connectivity index (χ1n) is 9.74. The lowest BCUT2D eigenvalue weighted by Gasteiger charge is -2.18. The first-order valence-corrected chi connectivity index (χ1v) is 9.74. The van der Waals surface area contributed by atoms with Gasteiger partial charge in [0.1, 0.15) is 5.82 Å². The maximum Gasteiger partial charge on any atom is 0.271 e. The van der Waals surface area contributed by atoms with Gasteiger partial charge in [0, 0.05) is 29.9 Å². The molecule has 0 spiro atoms. The highest BCUT2D eigenvalue weighted by Gasteiger charge is 2.16. The Balaban J connectivity index is 1.62. The standard InChI is InChI=1S/C23H20N4O4/c28-19(14-24-17-9-6-10-18(13-17)27(30)31)15-26-22(16-7-2-1-3-8-16)25-21-12-5-4-11-20(21)23(26)29/h1-13,19,24,28H,14-15H2. The second-order valence-corrected chi connectivity index (χ2v) is 7.08. The highest BCUT2D eigenvalue weighted by atomic mass is 16.6. The zero-order valence-corrected chi connectivity index (χ0v) is 16.5. The van der Waals surface area contributed by atoms with Crippen molar-refractivity contribution in [1.82, 2.24) is 9.55 Å². The van der Waals surface area contributed by atoms with Crippen LogP contribution in [0.15, 0.2) is 83.7 Å². The minimum Gasteiger partial charge on any atom is -0.389 e. The molecule has 31 heavy (non-hydrogen) atoms. The van der Waals surface area contributed by atoms with E-state index in [0.29, 0.717) is 22.4 Å². The molecule has 0 aliphatic rings. The molecule has 1 heterocycles. The van der Waals surface area contributed by atoms with E-state index in [1.54, 1.807) is 30.3 Å². The second-order valence-electron chi connectivity index (χ2n) is 7.08. The van der Waals surface area contributed by atoms with Crippen LogP contribution >= 0.6 is 0 Å². The van der Waals surface area contributed by atoms with Gasteiger partial charge in [0.15, 0.2) is 0 Å². The summed E-state index contributed by atoms with van der Waals surface area (Å²) in [5.41, 5.74) is 1.59. The topological polar surface area (TPSA) is 110 Å². The van der Waals surface area contributed by atoms with E-state index in [1.165, 1.54) is 16.7 Å². The number of aliphatic hydroxyl groups excluding tert-OH is 1. The summed E-state index contributed by atoms with van der Waals surface area (Å²) < 4.78 is 1.47. The number of anilines is 1. The number of nitrogens with one attached hydrogen (secondary N) is 1. The number of nitro groups is 1. The highest BCUT2D eigenvalue weighted by molar-refractivity contribution is 5.79. The number of non-ortho nitro benzene ring substituents is 1. The Labute approximate surface area is 177 Å². The molecule has 1 unspecified atom stereocenters. The average Bonchev–Trinajstić information content (AvgIpc) is 2.80. The van der Waals surface area contributed by atoms with E-state index in [2.05, 4.69) is 10.3 Å². The van der Waals surface area contributed by atoms with Gasteiger partial charge in [-0.2, -0.15) is 0 Å². The predicted molar refractivity (Wildman–Crippen MR) is 119 cm³/mol. The predicted octanol–water partition coefficient (Wildman–Crippen LogP) is 3.44. The van der Waals surface area contributed by atoms with Crippen LogP contribution in [-0.2, 0) is 6.54 Å². The van der Waals surface area contributed by atoms with Crippen LogP contribution in [0.4, 0.5) is 11.4 Å². The summed E-state index contributed by atoms with van der Waals surface area (Å²) in [6, 6.07) is 22.5. The van der Waals surface area contributed by atoms with Crippen LogP contribution in [0, 0.1) is 10.1 Å². The molecule has 3 aromatic carbocycles. The van der Waals surface area contributed by atoms with Gasteiger partial charge in [0.25, 0.3) is 11.2 Å². The molecular weight excluding hydrogens is 396 g/mol. The third-order valence-corrected chi connectivity index (χ3v) is 4.89. The lowest BCUT2D eigenvalue weighted by atomic mass is 10.1. The van der Waals surface area contributed by atoms with Crippen molar-refractivity contribution in [2.45, 2.75) is 12.6 Å². The normalized spacial score (nSPS) is 11.9. The largest absolute Gasteiger partial charge is 0.389 e. The van der Waals surface area contributed by atoms with Crippen molar-refractivity contribution in [3.63, 3.8) is 0 Å². The Hall–Kier alpha value is -4.04. The van der Waals surface area contributed by atoms with Gasteiger partial charge in [0.05, 0.1) is 28.5 Å². The lowest BCUT2D eigenvalue weighted by Crippen LogP contribution is -2.32. The number of fused-ring (bicyclic) bond motifs is 1. The van der Waals surface area contributed by atoms with Gasteiger partial charge in [0.2, 0.25) is 0 Å². The molecule has 0 bridgehead atoms. The van der Waals surface area contributed by atoms with Crippen LogP contribution in [0.1, 0.15) is 0 Å². The van der Waals surface area contributed by atoms with Crippen molar-refractivity contribution in [2.24, 2.45) is 0 Å². The van der Waals surface area contributed by atoms with Crippen LogP contribution in [0.2, 0.25) is 0 Å². The van der Waals surface area contributed by atoms with Gasteiger partial charge in [-0.05, 0) is 18.2 Å². The van der Waals surface area contributed by atoms with Crippen LogP contribution in [0.5, 0.6) is 0 Å². The Morgan fingerprint density at radius 1 is 1.03 bits per heavy atom. The van der Waals surface area contributed by atoms with Crippen LogP contribution < -0.4 is 10.9 Å². The third-order valence-electron chi connectivity index (χ3n) is 4.89. The van der Waals surface area contributed by atoms with Gasteiger partial charge in [-0.1, -0.05) is 48.5 Å². The Morgan fingerprint density at radius 2 is 1.77 bits per heavy atom. The molecule has 0 saturated carbocycles. The molecule has 0 saturated heterocycles. The second kappa shape index (κ2) is 8.76. The molecule has 1 atom stereocenters. The van der Waals surface area contributed by atoms with Gasteiger partial charge < -0.3 is 10.4 Å². The molecule has 0 fully saturated rings. The summed E-state index contributed by atoms with van der Waals surface area (Å²) in [6.07, 6.45) is -0.928. The average molecular weight is 416 g/mol. The molecule has 4 aromatic rings. The van der Waals surface area contributed by atoms with Crippen molar-refractivity contribution in [3.05, 3.63) is 99.3 Å². The summed E-state index contributed by atoms with van der Waals surface area (Å²) in [5.74, 6) is 0.471.